The molecule has 0 aliphatic heterocycles. The fourth-order valence-corrected chi connectivity index (χ4v) is 0. The molecule has 34 valence electrons. The Kier molecular flexibility index (Phi) is 133. The van der Waals surface area contributed by atoms with E-state index in [1.165, 1.54) is 0 Å². The summed E-state index contributed by atoms with van der Waals surface area (Å²) in [5, 5.41) is 0. The minimum Gasteiger partial charge on any atom is -1.00 e. The molecule has 6 heavy (non-hydrogen) atoms. The van der Waals surface area contributed by atoms with E-state index in [1.807, 2.05) is 12.5 Å². The average Bonchev–Trinajstić information content (AvgIpc) is 0.918. The van der Waals surface area contributed by atoms with Crippen molar-refractivity contribution in [3.8, 4) is 0 Å². The van der Waals surface area contributed by atoms with Gasteiger partial charge in [0.05, 0.1) is 8.41 Å². The molecule has 0 aromatic rings. The summed E-state index contributed by atoms with van der Waals surface area (Å²) in [4.78, 5) is 0. The second-order valence-corrected chi connectivity index (χ2v) is 1.22. The zero-order valence-electron chi connectivity index (χ0n) is 7.99. The molecule has 4 heteroatoms. The van der Waals surface area contributed by atoms with Gasteiger partial charge in [-0.3, -0.25) is 0 Å². The molecule has 0 nitrogen and oxygen atoms in total. The number of rotatable bonds is 0. The standard InChI is InChI=1S/C2H6S.Al.BH3.Li.4H/c1-3-2;;;;;;;/h1-2H3;;1H3;;;;;/q;+3;;+1;4*-1. The molecule has 0 aliphatic carbocycles. The van der Waals surface area contributed by atoms with Gasteiger partial charge in [-0.15, -0.1) is 0 Å². The predicted octanol–water partition coefficient (Wildman–Crippen LogP) is -3.13. The summed E-state index contributed by atoms with van der Waals surface area (Å²) in [6.07, 6.45) is 4.08. The average molecular weight is 114 g/mol. The van der Waals surface area contributed by atoms with Crippen LogP contribution in [0.3, 0.4) is 0 Å². The zero-order valence-corrected chi connectivity index (χ0v) is 5.96. The Bertz CT molecular complexity index is 23.2. The van der Waals surface area contributed by atoms with Crippen LogP contribution >= 0.6 is 11.8 Å². The van der Waals surface area contributed by atoms with Crippen LogP contribution in [0.4, 0.5) is 0 Å². The van der Waals surface area contributed by atoms with Crippen LogP contribution in [0.25, 0.3) is 0 Å². The molecule has 0 fully saturated rings. The van der Waals surface area contributed by atoms with Crippen molar-refractivity contribution in [3.05, 3.63) is 0 Å². The molecule has 0 aromatic carbocycles. The summed E-state index contributed by atoms with van der Waals surface area (Å²) in [5.41, 5.74) is 0. The monoisotopic (exact) mass is 114 g/mol. The van der Waals surface area contributed by atoms with E-state index in [0.717, 1.165) is 0 Å². The van der Waals surface area contributed by atoms with Crippen molar-refractivity contribution < 1.29 is 24.6 Å². The molecule has 0 saturated heterocycles. The van der Waals surface area contributed by atoms with E-state index in [1.54, 1.807) is 11.8 Å². The van der Waals surface area contributed by atoms with Gasteiger partial charge in [-0.25, -0.2) is 0 Å². The van der Waals surface area contributed by atoms with Crippen LogP contribution in [-0.4, -0.2) is 38.3 Å². The first-order valence-electron chi connectivity index (χ1n) is 0.816. The Morgan fingerprint density at radius 3 is 1.33 bits per heavy atom. The van der Waals surface area contributed by atoms with Crippen LogP contribution in [0.2, 0.25) is 0 Å². The Labute approximate surface area is 74.7 Å². The van der Waals surface area contributed by atoms with Crippen molar-refractivity contribution in [1.82, 2.24) is 0 Å². The summed E-state index contributed by atoms with van der Waals surface area (Å²) < 4.78 is 0. The van der Waals surface area contributed by atoms with Gasteiger partial charge in [0, 0.05) is 0 Å². The second-order valence-electron chi connectivity index (χ2n) is 0.408. The molecular weight excluding hydrogens is 101 g/mol. The molecule has 0 N–H and O–H groups in total. The fraction of sp³-hybridized carbons (Fsp3) is 1.00. The Morgan fingerprint density at radius 2 is 1.33 bits per heavy atom. The molecule has 0 aromatic heterocycles. The maximum absolute atomic E-state index is 2.04. The van der Waals surface area contributed by atoms with Gasteiger partial charge in [0.2, 0.25) is 0 Å². The fourth-order valence-electron chi connectivity index (χ4n) is 0. The molecule has 0 unspecified atom stereocenters. The Hall–Kier alpha value is 1.54. The van der Waals surface area contributed by atoms with E-state index in [0.29, 0.717) is 0 Å². The van der Waals surface area contributed by atoms with Crippen LogP contribution in [0.1, 0.15) is 5.71 Å². The molecular formula is C2H13AlBLiS. The third-order valence-corrected chi connectivity index (χ3v) is 0. The Morgan fingerprint density at radius 1 is 1.33 bits per heavy atom. The number of hydrogen-bond acceptors (Lipinski definition) is 1. The summed E-state index contributed by atoms with van der Waals surface area (Å²) in [7, 11) is 0. The first kappa shape index (κ1) is 25.7. The van der Waals surface area contributed by atoms with Gasteiger partial charge in [-0.2, -0.15) is 11.8 Å². The minimum absolute atomic E-state index is 0. The molecule has 0 atom stereocenters. The van der Waals surface area contributed by atoms with Crippen LogP contribution in [-0.2, 0) is 0 Å². The van der Waals surface area contributed by atoms with E-state index in [-0.39, 0.29) is 50.3 Å². The van der Waals surface area contributed by atoms with Crippen molar-refractivity contribution in [3.63, 3.8) is 0 Å². The second kappa shape index (κ2) is 31.1. The van der Waals surface area contributed by atoms with Crippen molar-refractivity contribution in [1.29, 1.82) is 0 Å². The van der Waals surface area contributed by atoms with Gasteiger partial charge in [0.1, 0.15) is 0 Å². The van der Waals surface area contributed by atoms with E-state index in [4.69, 9.17) is 0 Å². The summed E-state index contributed by atoms with van der Waals surface area (Å²) in [5.74, 6) is 0. The molecule has 0 aliphatic rings. The van der Waals surface area contributed by atoms with Crippen LogP contribution in [0, 0.1) is 0 Å². The van der Waals surface area contributed by atoms with Gasteiger partial charge in [0.15, 0.2) is 0 Å². The van der Waals surface area contributed by atoms with Gasteiger partial charge >= 0.3 is 36.2 Å². The third kappa shape index (κ3) is 48.0. The van der Waals surface area contributed by atoms with E-state index >= 15 is 0 Å². The van der Waals surface area contributed by atoms with Gasteiger partial charge < -0.3 is 5.71 Å². The topological polar surface area (TPSA) is 0 Å². The number of thioether (sulfide) groups is 1. The predicted molar refractivity (Wildman–Crippen MR) is 39.6 cm³/mol. The third-order valence-electron chi connectivity index (χ3n) is 0. The molecule has 0 spiro atoms. The van der Waals surface area contributed by atoms with Gasteiger partial charge in [-0.1, -0.05) is 0 Å². The number of hydrogen-bond donors (Lipinski definition) is 0. The molecule has 0 amide bonds. The maximum atomic E-state index is 2.04. The SMILES string of the molecule is B.CSC.[Al+3].[H-].[H-].[H-].[H-].[Li+]. The molecule has 0 radical (unpaired) electrons. The van der Waals surface area contributed by atoms with Gasteiger partial charge in [-0.05, 0) is 12.5 Å². The molecule has 0 bridgehead atoms. The molecule has 0 saturated carbocycles. The van der Waals surface area contributed by atoms with Crippen LogP contribution in [0.5, 0.6) is 0 Å². The molecule has 0 rings (SSSR count). The van der Waals surface area contributed by atoms with Crippen molar-refractivity contribution >= 4 is 37.5 Å². The van der Waals surface area contributed by atoms with Crippen molar-refractivity contribution in [2.45, 2.75) is 0 Å². The largest absolute Gasteiger partial charge is 3.00 e. The quantitative estimate of drug-likeness (QED) is 0.300. The summed E-state index contributed by atoms with van der Waals surface area (Å²) in [6.45, 7) is 0. The maximum Gasteiger partial charge on any atom is 3.00 e. The summed E-state index contributed by atoms with van der Waals surface area (Å²) >= 11 is 1.75. The summed E-state index contributed by atoms with van der Waals surface area (Å²) in [6, 6.07) is 0. The first-order chi connectivity index (χ1) is 1.41. The van der Waals surface area contributed by atoms with Gasteiger partial charge in [0.25, 0.3) is 0 Å². The zero-order chi connectivity index (χ0) is 2.71. The Balaban J connectivity index is -0.000000000952. The first-order valence-corrected chi connectivity index (χ1v) is 2.45. The van der Waals surface area contributed by atoms with Crippen molar-refractivity contribution in [2.75, 3.05) is 12.5 Å². The molecule has 0 heterocycles. The van der Waals surface area contributed by atoms with E-state index < -0.39 is 0 Å². The van der Waals surface area contributed by atoms with E-state index in [2.05, 4.69) is 0 Å². The normalized spacial score (nSPS) is 3.00. The smallest absolute Gasteiger partial charge is 1.00 e. The van der Waals surface area contributed by atoms with Crippen LogP contribution < -0.4 is 18.9 Å². The van der Waals surface area contributed by atoms with Crippen molar-refractivity contribution in [2.24, 2.45) is 0 Å². The minimum atomic E-state index is 0. The van der Waals surface area contributed by atoms with E-state index in [9.17, 15) is 0 Å². The van der Waals surface area contributed by atoms with Crippen LogP contribution in [0.15, 0.2) is 0 Å².